The second kappa shape index (κ2) is 9.69. The molecule has 0 bridgehead atoms. The topological polar surface area (TPSA) is 58.6 Å². The molecule has 0 atom stereocenters. The van der Waals surface area contributed by atoms with Crippen LogP contribution in [0.5, 0.6) is 5.75 Å². The number of amides is 2. The van der Waals surface area contributed by atoms with Crippen LogP contribution in [0.15, 0.2) is 78.5 Å². The Morgan fingerprint density at radius 3 is 2.15 bits per heavy atom. The molecule has 3 aromatic carbocycles. The fourth-order valence-electron chi connectivity index (χ4n) is 3.78. The minimum Gasteiger partial charge on any atom is -0.497 e. The molecule has 3 aromatic rings. The van der Waals surface area contributed by atoms with Crippen molar-refractivity contribution in [1.29, 1.82) is 0 Å². The fourth-order valence-corrected chi connectivity index (χ4v) is 3.78. The molecule has 1 N–H and O–H groups in total. The van der Waals surface area contributed by atoms with Crippen molar-refractivity contribution < 1.29 is 18.7 Å². The maximum Gasteiger partial charge on any atom is 0.282 e. The van der Waals surface area contributed by atoms with Crippen molar-refractivity contribution in [2.45, 2.75) is 26.2 Å². The highest BCUT2D eigenvalue weighted by atomic mass is 19.1. The molecule has 0 aromatic heterocycles. The maximum absolute atomic E-state index is 13.5. The molecule has 33 heavy (non-hydrogen) atoms. The Morgan fingerprint density at radius 1 is 0.879 bits per heavy atom. The Kier molecular flexibility index (Phi) is 6.54. The number of unbranched alkanes of at least 4 members (excludes halogenated alkanes) is 1. The van der Waals surface area contributed by atoms with Crippen LogP contribution in [0.3, 0.4) is 0 Å². The van der Waals surface area contributed by atoms with E-state index in [1.54, 1.807) is 43.5 Å². The van der Waals surface area contributed by atoms with Crippen LogP contribution in [0.25, 0.3) is 5.57 Å². The number of aryl methyl sites for hydroxylation is 1. The van der Waals surface area contributed by atoms with Gasteiger partial charge in [-0.1, -0.05) is 37.6 Å². The van der Waals surface area contributed by atoms with E-state index in [4.69, 9.17) is 4.74 Å². The summed E-state index contributed by atoms with van der Waals surface area (Å²) in [5, 5.41) is 3.09. The number of nitrogens with one attached hydrogen (secondary N) is 1. The van der Waals surface area contributed by atoms with Crippen LogP contribution < -0.4 is 15.0 Å². The molecule has 4 rings (SSSR count). The van der Waals surface area contributed by atoms with E-state index in [0.717, 1.165) is 29.7 Å². The Labute approximate surface area is 192 Å². The zero-order valence-corrected chi connectivity index (χ0v) is 18.6. The lowest BCUT2D eigenvalue weighted by atomic mass is 10.0. The van der Waals surface area contributed by atoms with Crippen LogP contribution >= 0.6 is 0 Å². The lowest BCUT2D eigenvalue weighted by molar-refractivity contribution is -0.120. The quantitative estimate of drug-likeness (QED) is 0.461. The lowest BCUT2D eigenvalue weighted by Crippen LogP contribution is -2.32. The molecular formula is C27H25FN2O3. The second-order valence-electron chi connectivity index (χ2n) is 7.83. The molecule has 1 aliphatic heterocycles. The van der Waals surface area contributed by atoms with E-state index < -0.39 is 17.6 Å². The number of hydrogen-bond donors (Lipinski definition) is 1. The van der Waals surface area contributed by atoms with Gasteiger partial charge in [0.25, 0.3) is 11.8 Å². The molecule has 0 fully saturated rings. The molecule has 0 unspecified atom stereocenters. The van der Waals surface area contributed by atoms with Gasteiger partial charge in [0.2, 0.25) is 0 Å². The third-order valence-electron chi connectivity index (χ3n) is 5.59. The fraction of sp³-hybridized carbons (Fsp3) is 0.185. The summed E-state index contributed by atoms with van der Waals surface area (Å²) >= 11 is 0. The first-order valence-electron chi connectivity index (χ1n) is 10.9. The number of ether oxygens (including phenoxy) is 1. The molecule has 0 spiro atoms. The van der Waals surface area contributed by atoms with Gasteiger partial charge in [0.15, 0.2) is 0 Å². The van der Waals surface area contributed by atoms with Crippen LogP contribution in [0.4, 0.5) is 15.8 Å². The average Bonchev–Trinajstić information content (AvgIpc) is 3.08. The highest BCUT2D eigenvalue weighted by molar-refractivity contribution is 6.46. The molecule has 0 saturated heterocycles. The number of carbonyl (C=O) groups is 2. The number of carbonyl (C=O) groups excluding carboxylic acids is 2. The van der Waals surface area contributed by atoms with Crippen molar-refractivity contribution in [2.75, 3.05) is 17.3 Å². The number of rotatable bonds is 8. The Balaban J connectivity index is 1.71. The van der Waals surface area contributed by atoms with E-state index in [0.29, 0.717) is 22.7 Å². The molecule has 0 radical (unpaired) electrons. The number of imide groups is 1. The zero-order valence-electron chi connectivity index (χ0n) is 18.6. The first-order valence-corrected chi connectivity index (χ1v) is 10.9. The number of halogens is 1. The Hall–Kier alpha value is -3.93. The van der Waals surface area contributed by atoms with E-state index >= 15 is 0 Å². The minimum absolute atomic E-state index is 0.145. The number of methoxy groups -OCH3 is 1. The minimum atomic E-state index is -0.462. The molecule has 2 amide bonds. The second-order valence-corrected chi connectivity index (χ2v) is 7.83. The van der Waals surface area contributed by atoms with Gasteiger partial charge in [-0.15, -0.1) is 0 Å². The van der Waals surface area contributed by atoms with E-state index in [9.17, 15) is 14.0 Å². The molecule has 1 aliphatic rings. The van der Waals surface area contributed by atoms with Crippen LogP contribution in [-0.2, 0) is 16.0 Å². The first-order chi connectivity index (χ1) is 16.0. The molecule has 6 heteroatoms. The zero-order chi connectivity index (χ0) is 23.4. The van der Waals surface area contributed by atoms with Gasteiger partial charge < -0.3 is 10.1 Å². The smallest absolute Gasteiger partial charge is 0.282 e. The van der Waals surface area contributed by atoms with Crippen molar-refractivity contribution in [1.82, 2.24) is 0 Å². The largest absolute Gasteiger partial charge is 0.497 e. The van der Waals surface area contributed by atoms with Crippen LogP contribution in [0, 0.1) is 5.82 Å². The predicted molar refractivity (Wildman–Crippen MR) is 127 cm³/mol. The van der Waals surface area contributed by atoms with Crippen molar-refractivity contribution >= 4 is 28.8 Å². The molecule has 0 aliphatic carbocycles. The molecule has 0 saturated carbocycles. The SMILES string of the molecule is CCCCc1ccc(N2C(=O)C(Nc3ccc(OC)cc3)=C(c3ccc(F)cc3)C2=O)cc1. The van der Waals surface area contributed by atoms with Crippen molar-refractivity contribution in [3.05, 3.63) is 95.4 Å². The van der Waals surface area contributed by atoms with Gasteiger partial charge in [0, 0.05) is 5.69 Å². The van der Waals surface area contributed by atoms with Gasteiger partial charge >= 0.3 is 0 Å². The standard InChI is InChI=1S/C27H25FN2O3/c1-3-4-5-18-6-14-22(15-7-18)30-26(31)24(19-8-10-20(28)11-9-19)25(27(30)32)29-21-12-16-23(33-2)17-13-21/h6-17,29H,3-5H2,1-2H3. The summed E-state index contributed by atoms with van der Waals surface area (Å²) in [7, 11) is 1.57. The Bertz CT molecular complexity index is 1180. The van der Waals surface area contributed by atoms with Gasteiger partial charge in [0.1, 0.15) is 17.3 Å². The lowest BCUT2D eigenvalue weighted by Gasteiger charge is -2.16. The van der Waals surface area contributed by atoms with Gasteiger partial charge in [-0.3, -0.25) is 9.59 Å². The van der Waals surface area contributed by atoms with Crippen molar-refractivity contribution in [3.63, 3.8) is 0 Å². The van der Waals surface area contributed by atoms with E-state index in [1.807, 2.05) is 12.1 Å². The van der Waals surface area contributed by atoms with E-state index in [1.165, 1.54) is 24.3 Å². The van der Waals surface area contributed by atoms with Crippen molar-refractivity contribution in [3.8, 4) is 5.75 Å². The van der Waals surface area contributed by atoms with Gasteiger partial charge in [0.05, 0.1) is 18.4 Å². The van der Waals surface area contributed by atoms with Crippen LogP contribution in [0.2, 0.25) is 0 Å². The van der Waals surface area contributed by atoms with E-state index in [-0.39, 0.29) is 11.3 Å². The van der Waals surface area contributed by atoms with E-state index in [2.05, 4.69) is 12.2 Å². The molecular weight excluding hydrogens is 419 g/mol. The monoisotopic (exact) mass is 444 g/mol. The third-order valence-corrected chi connectivity index (χ3v) is 5.59. The summed E-state index contributed by atoms with van der Waals surface area (Å²) in [5.41, 5.74) is 3.09. The number of nitrogens with zero attached hydrogens (tertiary/aromatic N) is 1. The van der Waals surface area contributed by atoms with Crippen LogP contribution in [0.1, 0.15) is 30.9 Å². The summed E-state index contributed by atoms with van der Waals surface area (Å²) in [6.45, 7) is 2.13. The summed E-state index contributed by atoms with van der Waals surface area (Å²) in [4.78, 5) is 28.1. The third kappa shape index (κ3) is 4.65. The average molecular weight is 445 g/mol. The van der Waals surface area contributed by atoms with Gasteiger partial charge in [-0.05, 0) is 72.5 Å². The predicted octanol–water partition coefficient (Wildman–Crippen LogP) is 5.57. The Morgan fingerprint density at radius 2 is 1.55 bits per heavy atom. The summed E-state index contributed by atoms with van der Waals surface area (Å²) in [6, 6.07) is 20.1. The highest BCUT2D eigenvalue weighted by Gasteiger charge is 2.40. The molecule has 5 nitrogen and oxygen atoms in total. The first kappa shape index (κ1) is 22.3. The summed E-state index contributed by atoms with van der Waals surface area (Å²) < 4.78 is 18.7. The number of benzene rings is 3. The summed E-state index contributed by atoms with van der Waals surface area (Å²) in [5.74, 6) is -0.660. The number of hydrogen-bond acceptors (Lipinski definition) is 4. The van der Waals surface area contributed by atoms with Crippen molar-refractivity contribution in [2.24, 2.45) is 0 Å². The van der Waals surface area contributed by atoms with Gasteiger partial charge in [-0.2, -0.15) is 0 Å². The number of anilines is 2. The maximum atomic E-state index is 13.5. The summed E-state index contributed by atoms with van der Waals surface area (Å²) in [6.07, 6.45) is 3.12. The van der Waals surface area contributed by atoms with Crippen LogP contribution in [-0.4, -0.2) is 18.9 Å². The normalized spacial score (nSPS) is 13.6. The van der Waals surface area contributed by atoms with Gasteiger partial charge in [-0.25, -0.2) is 9.29 Å². The molecule has 168 valence electrons. The molecule has 1 heterocycles. The highest BCUT2D eigenvalue weighted by Crippen LogP contribution is 2.34.